The summed E-state index contributed by atoms with van der Waals surface area (Å²) in [4.78, 5) is 0.525. The SMILES string of the molecule is Cc1ccc(S(=O)(=O)c2ccc(C#CCNc3ccc(C(=N)N)cc3)cc2)cc1. The number of rotatable bonds is 5. The molecule has 0 aromatic heterocycles. The van der Waals surface area contributed by atoms with Crippen LogP contribution in [0.25, 0.3) is 0 Å². The molecular weight excluding hydrogens is 382 g/mol. The second-order valence-corrected chi connectivity index (χ2v) is 8.44. The van der Waals surface area contributed by atoms with E-state index < -0.39 is 9.84 Å². The number of aryl methyl sites for hydroxylation is 1. The molecule has 0 amide bonds. The van der Waals surface area contributed by atoms with E-state index in [0.29, 0.717) is 12.1 Å². The van der Waals surface area contributed by atoms with Crippen molar-refractivity contribution in [2.24, 2.45) is 5.73 Å². The summed E-state index contributed by atoms with van der Waals surface area (Å²) in [5.74, 6) is 6.05. The van der Waals surface area contributed by atoms with Crippen molar-refractivity contribution in [1.82, 2.24) is 0 Å². The molecule has 146 valence electrons. The highest BCUT2D eigenvalue weighted by atomic mass is 32.2. The van der Waals surface area contributed by atoms with Crippen molar-refractivity contribution in [2.45, 2.75) is 16.7 Å². The van der Waals surface area contributed by atoms with Gasteiger partial charge in [0.25, 0.3) is 0 Å². The standard InChI is InChI=1S/C23H21N3O2S/c1-17-4-12-21(13-5-17)29(27,28)22-14-6-18(7-15-22)3-2-16-26-20-10-8-19(9-11-20)23(24)25/h4-15,26H,16H2,1H3,(H3,24,25). The first-order valence-corrected chi connectivity index (χ1v) is 10.4. The molecule has 5 nitrogen and oxygen atoms in total. The van der Waals surface area contributed by atoms with Gasteiger partial charge in [0.1, 0.15) is 5.84 Å². The molecular formula is C23H21N3O2S. The minimum Gasteiger partial charge on any atom is -0.384 e. The Bertz CT molecular complexity index is 1170. The molecule has 0 saturated heterocycles. The van der Waals surface area contributed by atoms with E-state index in [1.807, 2.05) is 19.1 Å². The molecule has 3 aromatic carbocycles. The molecule has 0 radical (unpaired) electrons. The van der Waals surface area contributed by atoms with Gasteiger partial charge in [0.15, 0.2) is 0 Å². The molecule has 0 atom stereocenters. The molecule has 0 aliphatic carbocycles. The highest BCUT2D eigenvalue weighted by molar-refractivity contribution is 7.91. The lowest BCUT2D eigenvalue weighted by Gasteiger charge is -2.05. The van der Waals surface area contributed by atoms with Crippen molar-refractivity contribution in [3.05, 3.63) is 89.5 Å². The van der Waals surface area contributed by atoms with Crippen LogP contribution in [0.4, 0.5) is 5.69 Å². The van der Waals surface area contributed by atoms with Crippen molar-refractivity contribution in [3.63, 3.8) is 0 Å². The van der Waals surface area contributed by atoms with Gasteiger partial charge < -0.3 is 11.1 Å². The zero-order valence-corrected chi connectivity index (χ0v) is 16.8. The third kappa shape index (κ3) is 5.03. The summed E-state index contributed by atoms with van der Waals surface area (Å²) in [5.41, 5.74) is 8.73. The third-order valence-electron chi connectivity index (χ3n) is 4.31. The number of nitrogens with one attached hydrogen (secondary N) is 2. The van der Waals surface area contributed by atoms with Crippen LogP contribution in [-0.2, 0) is 9.84 Å². The van der Waals surface area contributed by atoms with Crippen molar-refractivity contribution < 1.29 is 8.42 Å². The number of nitrogens with two attached hydrogens (primary N) is 1. The zero-order valence-electron chi connectivity index (χ0n) is 15.9. The Morgan fingerprint density at radius 2 is 1.48 bits per heavy atom. The largest absolute Gasteiger partial charge is 0.384 e. The lowest BCUT2D eigenvalue weighted by molar-refractivity contribution is 0.596. The van der Waals surface area contributed by atoms with Gasteiger partial charge in [-0.05, 0) is 67.6 Å². The van der Waals surface area contributed by atoms with E-state index in [9.17, 15) is 8.42 Å². The van der Waals surface area contributed by atoms with Gasteiger partial charge in [-0.3, -0.25) is 5.41 Å². The number of sulfone groups is 1. The fourth-order valence-corrected chi connectivity index (χ4v) is 3.89. The first-order chi connectivity index (χ1) is 13.9. The number of hydrogen-bond donors (Lipinski definition) is 3. The molecule has 0 aliphatic heterocycles. The number of benzene rings is 3. The van der Waals surface area contributed by atoms with Crippen LogP contribution in [-0.4, -0.2) is 20.8 Å². The first kappa shape index (κ1) is 20.2. The van der Waals surface area contributed by atoms with E-state index in [1.165, 1.54) is 0 Å². The van der Waals surface area contributed by atoms with Gasteiger partial charge >= 0.3 is 0 Å². The molecule has 0 heterocycles. The second kappa shape index (κ2) is 8.63. The maximum atomic E-state index is 12.7. The van der Waals surface area contributed by atoms with E-state index in [0.717, 1.165) is 16.8 Å². The maximum absolute atomic E-state index is 12.7. The van der Waals surface area contributed by atoms with Gasteiger partial charge in [-0.25, -0.2) is 8.42 Å². The zero-order chi connectivity index (χ0) is 20.9. The summed E-state index contributed by atoms with van der Waals surface area (Å²) in [6.45, 7) is 2.35. The molecule has 0 bridgehead atoms. The van der Waals surface area contributed by atoms with Crippen LogP contribution < -0.4 is 11.1 Å². The summed E-state index contributed by atoms with van der Waals surface area (Å²) in [6.07, 6.45) is 0. The average molecular weight is 404 g/mol. The van der Waals surface area contributed by atoms with Gasteiger partial charge in [0.2, 0.25) is 9.84 Å². The van der Waals surface area contributed by atoms with E-state index in [-0.39, 0.29) is 15.6 Å². The minimum absolute atomic E-state index is 0.0316. The number of nitrogen functional groups attached to an aromatic ring is 1. The summed E-state index contributed by atoms with van der Waals surface area (Å²) in [6, 6.07) is 20.6. The monoisotopic (exact) mass is 403 g/mol. The lowest BCUT2D eigenvalue weighted by atomic mass is 10.2. The summed E-state index contributed by atoms with van der Waals surface area (Å²) in [7, 11) is -3.53. The van der Waals surface area contributed by atoms with Crippen molar-refractivity contribution in [2.75, 3.05) is 11.9 Å². The summed E-state index contributed by atoms with van der Waals surface area (Å²) < 4.78 is 25.3. The topological polar surface area (TPSA) is 96.0 Å². The Hall–Kier alpha value is -3.56. The van der Waals surface area contributed by atoms with Crippen LogP contribution in [0.5, 0.6) is 0 Å². The molecule has 0 unspecified atom stereocenters. The Morgan fingerprint density at radius 1 is 0.931 bits per heavy atom. The maximum Gasteiger partial charge on any atom is 0.206 e. The highest BCUT2D eigenvalue weighted by Gasteiger charge is 2.16. The number of amidine groups is 1. The van der Waals surface area contributed by atoms with Gasteiger partial charge in [-0.15, -0.1) is 0 Å². The first-order valence-electron chi connectivity index (χ1n) is 8.95. The second-order valence-electron chi connectivity index (χ2n) is 6.49. The smallest absolute Gasteiger partial charge is 0.206 e. The van der Waals surface area contributed by atoms with E-state index in [1.54, 1.807) is 60.7 Å². The Balaban J connectivity index is 1.64. The average Bonchev–Trinajstić information content (AvgIpc) is 2.72. The predicted molar refractivity (Wildman–Crippen MR) is 116 cm³/mol. The van der Waals surface area contributed by atoms with E-state index in [4.69, 9.17) is 11.1 Å². The van der Waals surface area contributed by atoms with Crippen LogP contribution in [0, 0.1) is 24.2 Å². The van der Waals surface area contributed by atoms with Crippen LogP contribution >= 0.6 is 0 Å². The Kier molecular flexibility index (Phi) is 6.01. The fourth-order valence-electron chi connectivity index (χ4n) is 2.63. The molecule has 3 rings (SSSR count). The molecule has 0 saturated carbocycles. The van der Waals surface area contributed by atoms with Crippen LogP contribution in [0.1, 0.15) is 16.7 Å². The minimum atomic E-state index is -3.53. The van der Waals surface area contributed by atoms with Gasteiger partial charge in [-0.2, -0.15) is 0 Å². The van der Waals surface area contributed by atoms with Gasteiger partial charge in [0, 0.05) is 16.8 Å². The Labute approximate surface area is 171 Å². The number of hydrogen-bond acceptors (Lipinski definition) is 4. The molecule has 4 N–H and O–H groups in total. The third-order valence-corrected chi connectivity index (χ3v) is 6.09. The van der Waals surface area contributed by atoms with Crippen molar-refractivity contribution >= 4 is 21.4 Å². The molecule has 0 spiro atoms. The van der Waals surface area contributed by atoms with Crippen molar-refractivity contribution in [1.29, 1.82) is 5.41 Å². The van der Waals surface area contributed by atoms with Gasteiger partial charge in [-0.1, -0.05) is 29.5 Å². The highest BCUT2D eigenvalue weighted by Crippen LogP contribution is 2.21. The lowest BCUT2D eigenvalue weighted by Crippen LogP contribution is -2.10. The molecule has 29 heavy (non-hydrogen) atoms. The fraction of sp³-hybridized carbons (Fsp3) is 0.0870. The number of anilines is 1. The summed E-state index contributed by atoms with van der Waals surface area (Å²) >= 11 is 0. The van der Waals surface area contributed by atoms with Crippen LogP contribution in [0.15, 0.2) is 82.6 Å². The van der Waals surface area contributed by atoms with Gasteiger partial charge in [0.05, 0.1) is 16.3 Å². The molecule has 3 aromatic rings. The van der Waals surface area contributed by atoms with E-state index >= 15 is 0 Å². The van der Waals surface area contributed by atoms with Crippen LogP contribution in [0.3, 0.4) is 0 Å². The normalized spacial score (nSPS) is 10.7. The van der Waals surface area contributed by atoms with Crippen LogP contribution in [0.2, 0.25) is 0 Å². The molecule has 0 fully saturated rings. The Morgan fingerprint density at radius 3 is 2.03 bits per heavy atom. The predicted octanol–water partition coefficient (Wildman–Crippen LogP) is 3.58. The quantitative estimate of drug-likeness (QED) is 0.345. The van der Waals surface area contributed by atoms with Crippen molar-refractivity contribution in [3.8, 4) is 11.8 Å². The van der Waals surface area contributed by atoms with E-state index in [2.05, 4.69) is 17.2 Å². The molecule has 6 heteroatoms. The molecule has 0 aliphatic rings. The summed E-state index contributed by atoms with van der Waals surface area (Å²) in [5, 5.41) is 10.5.